The topological polar surface area (TPSA) is 55.6 Å². The van der Waals surface area contributed by atoms with E-state index in [0.717, 1.165) is 41.2 Å². The van der Waals surface area contributed by atoms with Gasteiger partial charge in [0.05, 0.1) is 17.9 Å². The molecule has 1 atom stereocenters. The van der Waals surface area contributed by atoms with Crippen molar-refractivity contribution in [2.75, 3.05) is 6.54 Å². The van der Waals surface area contributed by atoms with E-state index in [9.17, 15) is 0 Å². The van der Waals surface area contributed by atoms with E-state index in [-0.39, 0.29) is 0 Å². The highest BCUT2D eigenvalue weighted by Gasteiger charge is 2.17. The molecule has 0 saturated carbocycles. The lowest BCUT2D eigenvalue weighted by molar-refractivity contribution is 0.397. The molecule has 5 nitrogen and oxygen atoms in total. The molecule has 3 heterocycles. The Balaban J connectivity index is 1.59. The normalized spacial score (nSPS) is 17.8. The van der Waals surface area contributed by atoms with Gasteiger partial charge >= 0.3 is 0 Å². The summed E-state index contributed by atoms with van der Waals surface area (Å²) in [6.07, 6.45) is 11.3. The monoisotopic (exact) mass is 319 g/mol. The zero-order valence-corrected chi connectivity index (χ0v) is 13.8. The Kier molecular flexibility index (Phi) is 4.09. The lowest BCUT2D eigenvalue weighted by Crippen LogP contribution is -2.28. The number of nitrogens with zero attached hydrogens (tertiary/aromatic N) is 4. The number of piperidine rings is 1. The summed E-state index contributed by atoms with van der Waals surface area (Å²) in [7, 11) is 0. The van der Waals surface area contributed by atoms with Crippen molar-refractivity contribution in [2.45, 2.75) is 32.2 Å². The molecule has 1 fully saturated rings. The molecule has 122 valence electrons. The molecule has 5 heteroatoms. The zero-order chi connectivity index (χ0) is 16.4. The van der Waals surface area contributed by atoms with Gasteiger partial charge in [0.1, 0.15) is 5.82 Å². The number of aryl methyl sites for hydroxylation is 1. The van der Waals surface area contributed by atoms with E-state index in [0.29, 0.717) is 6.04 Å². The summed E-state index contributed by atoms with van der Waals surface area (Å²) in [6, 6.07) is 8.59. The molecule has 1 aliphatic rings. The summed E-state index contributed by atoms with van der Waals surface area (Å²) < 4.78 is 1.89. The summed E-state index contributed by atoms with van der Waals surface area (Å²) in [5, 5.41) is 7.86. The lowest BCUT2D eigenvalue weighted by Gasteiger charge is -2.21. The maximum absolute atomic E-state index is 4.59. The van der Waals surface area contributed by atoms with Crippen molar-refractivity contribution in [3.05, 3.63) is 60.4 Å². The van der Waals surface area contributed by atoms with Crippen LogP contribution < -0.4 is 5.32 Å². The zero-order valence-electron chi connectivity index (χ0n) is 13.8. The van der Waals surface area contributed by atoms with Gasteiger partial charge in [-0.15, -0.1) is 0 Å². The summed E-state index contributed by atoms with van der Waals surface area (Å²) in [6.45, 7) is 3.10. The predicted molar refractivity (Wildman–Crippen MR) is 93.9 cm³/mol. The lowest BCUT2D eigenvalue weighted by atomic mass is 10.0. The minimum atomic E-state index is 0.297. The van der Waals surface area contributed by atoms with Crippen LogP contribution >= 0.6 is 0 Å². The number of nitrogens with one attached hydrogen (secondary N) is 1. The van der Waals surface area contributed by atoms with Crippen LogP contribution in [0.4, 0.5) is 0 Å². The number of hydrogen-bond acceptors (Lipinski definition) is 4. The molecule has 0 aliphatic carbocycles. The van der Waals surface area contributed by atoms with Gasteiger partial charge in [-0.2, -0.15) is 5.10 Å². The third kappa shape index (κ3) is 3.08. The van der Waals surface area contributed by atoms with Gasteiger partial charge in [-0.1, -0.05) is 18.6 Å². The van der Waals surface area contributed by atoms with E-state index < -0.39 is 0 Å². The first-order valence-electron chi connectivity index (χ1n) is 8.47. The van der Waals surface area contributed by atoms with Gasteiger partial charge in [0.25, 0.3) is 0 Å². The van der Waals surface area contributed by atoms with E-state index in [1.807, 2.05) is 42.5 Å². The van der Waals surface area contributed by atoms with Crippen LogP contribution in [-0.4, -0.2) is 26.3 Å². The highest BCUT2D eigenvalue weighted by molar-refractivity contribution is 5.64. The molecule has 0 bridgehead atoms. The highest BCUT2D eigenvalue weighted by atomic mass is 15.3. The molecule has 1 N–H and O–H groups in total. The molecule has 0 radical (unpaired) electrons. The summed E-state index contributed by atoms with van der Waals surface area (Å²) >= 11 is 0. The second kappa shape index (κ2) is 6.53. The minimum absolute atomic E-state index is 0.297. The molecule has 4 rings (SSSR count). The number of hydrogen-bond donors (Lipinski definition) is 1. The van der Waals surface area contributed by atoms with Crippen molar-refractivity contribution in [3.63, 3.8) is 0 Å². The summed E-state index contributed by atoms with van der Waals surface area (Å²) in [5.41, 5.74) is 4.32. The molecule has 1 unspecified atom stereocenters. The maximum atomic E-state index is 4.59. The fourth-order valence-electron chi connectivity index (χ4n) is 3.12. The van der Waals surface area contributed by atoms with Crippen molar-refractivity contribution in [1.29, 1.82) is 0 Å². The van der Waals surface area contributed by atoms with Gasteiger partial charge in [-0.05, 0) is 49.6 Å². The van der Waals surface area contributed by atoms with E-state index in [4.69, 9.17) is 0 Å². The fraction of sp³-hybridized carbons (Fsp3) is 0.316. The van der Waals surface area contributed by atoms with Gasteiger partial charge in [-0.3, -0.25) is 0 Å². The first-order valence-corrected chi connectivity index (χ1v) is 8.47. The Morgan fingerprint density at radius 2 is 1.96 bits per heavy atom. The third-order valence-corrected chi connectivity index (χ3v) is 4.45. The van der Waals surface area contributed by atoms with Crippen molar-refractivity contribution >= 4 is 0 Å². The van der Waals surface area contributed by atoms with Crippen LogP contribution in [0.1, 0.15) is 36.7 Å². The molecular formula is C19H21N5. The van der Waals surface area contributed by atoms with E-state index in [1.54, 1.807) is 0 Å². The van der Waals surface area contributed by atoms with Crippen molar-refractivity contribution < 1.29 is 0 Å². The molecule has 1 aliphatic heterocycles. The largest absolute Gasteiger partial charge is 0.307 e. The fourth-order valence-corrected chi connectivity index (χ4v) is 3.12. The molecular weight excluding hydrogens is 298 g/mol. The molecule has 24 heavy (non-hydrogen) atoms. The number of benzene rings is 1. The summed E-state index contributed by atoms with van der Waals surface area (Å²) in [5.74, 6) is 0.900. The van der Waals surface area contributed by atoms with Gasteiger partial charge in [0.15, 0.2) is 0 Å². The Morgan fingerprint density at radius 3 is 2.67 bits per heavy atom. The Morgan fingerprint density at radius 1 is 1.08 bits per heavy atom. The second-order valence-electron chi connectivity index (χ2n) is 6.35. The molecule has 3 aromatic rings. The van der Waals surface area contributed by atoms with Crippen molar-refractivity contribution in [2.24, 2.45) is 0 Å². The van der Waals surface area contributed by atoms with Gasteiger partial charge < -0.3 is 5.32 Å². The van der Waals surface area contributed by atoms with Crippen LogP contribution in [0.15, 0.2) is 49.1 Å². The maximum Gasteiger partial charge on any atom is 0.145 e. The first-order chi connectivity index (χ1) is 11.8. The van der Waals surface area contributed by atoms with Gasteiger partial charge in [0, 0.05) is 24.2 Å². The smallest absolute Gasteiger partial charge is 0.145 e. The Bertz CT molecular complexity index is 816. The van der Waals surface area contributed by atoms with E-state index in [2.05, 4.69) is 38.6 Å². The van der Waals surface area contributed by atoms with Crippen LogP contribution in [0.25, 0.3) is 16.8 Å². The molecule has 0 spiro atoms. The van der Waals surface area contributed by atoms with Gasteiger partial charge in [-0.25, -0.2) is 14.6 Å². The van der Waals surface area contributed by atoms with E-state index >= 15 is 0 Å². The molecule has 1 saturated heterocycles. The average Bonchev–Trinajstić information content (AvgIpc) is 3.09. The molecule has 2 aromatic heterocycles. The van der Waals surface area contributed by atoms with Gasteiger partial charge in [0.2, 0.25) is 0 Å². The Labute approximate surface area is 141 Å². The van der Waals surface area contributed by atoms with Crippen molar-refractivity contribution in [3.8, 4) is 16.8 Å². The highest BCUT2D eigenvalue weighted by Crippen LogP contribution is 2.23. The average molecular weight is 319 g/mol. The standard InChI is InChI=1S/C19H21N5/c1-14-10-23-24(13-14)17-6-4-5-15(9-17)16-11-21-19(22-12-16)18-7-2-3-8-20-18/h4-6,9-13,18,20H,2-3,7-8H2,1H3. The van der Waals surface area contributed by atoms with Crippen LogP contribution in [-0.2, 0) is 0 Å². The van der Waals surface area contributed by atoms with Crippen molar-refractivity contribution in [1.82, 2.24) is 25.1 Å². The second-order valence-corrected chi connectivity index (χ2v) is 6.35. The molecule has 0 amide bonds. The summed E-state index contributed by atoms with van der Waals surface area (Å²) in [4.78, 5) is 9.18. The van der Waals surface area contributed by atoms with Crippen LogP contribution in [0.5, 0.6) is 0 Å². The quantitative estimate of drug-likeness (QED) is 0.803. The van der Waals surface area contributed by atoms with E-state index in [1.165, 1.54) is 12.8 Å². The first kappa shape index (κ1) is 15.0. The third-order valence-electron chi connectivity index (χ3n) is 4.45. The van der Waals surface area contributed by atoms with Crippen LogP contribution in [0.2, 0.25) is 0 Å². The number of rotatable bonds is 3. The minimum Gasteiger partial charge on any atom is -0.307 e. The van der Waals surface area contributed by atoms with Crippen LogP contribution in [0.3, 0.4) is 0 Å². The number of aromatic nitrogens is 4. The SMILES string of the molecule is Cc1cnn(-c2cccc(-c3cnc(C4CCCCN4)nc3)c2)c1. The predicted octanol–water partition coefficient (Wildman–Crippen LogP) is 3.45. The molecule has 1 aromatic carbocycles. The van der Waals surface area contributed by atoms with Crippen LogP contribution in [0, 0.1) is 6.92 Å². The Hall–Kier alpha value is -2.53.